The van der Waals surface area contributed by atoms with E-state index in [1.165, 1.54) is 12.3 Å². The number of carbonyl (C=O) groups excluding carboxylic acids is 1. The predicted molar refractivity (Wildman–Crippen MR) is 70.8 cm³/mol. The van der Waals surface area contributed by atoms with E-state index in [4.69, 9.17) is 9.15 Å². The van der Waals surface area contributed by atoms with Crippen molar-refractivity contribution in [2.45, 2.75) is 6.54 Å². The number of hydrogen-bond acceptors (Lipinski definition) is 3. The highest BCUT2D eigenvalue weighted by Crippen LogP contribution is 2.14. The van der Waals surface area contributed by atoms with Crippen LogP contribution >= 0.6 is 0 Å². The van der Waals surface area contributed by atoms with E-state index in [1.807, 2.05) is 0 Å². The number of rotatable bonds is 6. The van der Waals surface area contributed by atoms with Crippen LogP contribution in [0.3, 0.4) is 0 Å². The summed E-state index contributed by atoms with van der Waals surface area (Å²) in [5.74, 6) is -1.07. The van der Waals surface area contributed by atoms with Crippen molar-refractivity contribution < 1.29 is 22.7 Å². The summed E-state index contributed by atoms with van der Waals surface area (Å²) in [6.07, 6.45) is 1.52. The highest BCUT2D eigenvalue weighted by Gasteiger charge is 2.04. The summed E-state index contributed by atoms with van der Waals surface area (Å²) >= 11 is 0. The first-order valence-corrected chi connectivity index (χ1v) is 6.27. The predicted octanol–water partition coefficient (Wildman–Crippen LogP) is 2.44. The second-order valence-corrected chi connectivity index (χ2v) is 4.11. The van der Waals surface area contributed by atoms with Gasteiger partial charge in [-0.1, -0.05) is 0 Å². The number of nitrogens with one attached hydrogen (secondary N) is 2. The van der Waals surface area contributed by atoms with Gasteiger partial charge < -0.3 is 19.8 Å². The van der Waals surface area contributed by atoms with Crippen LogP contribution in [0, 0.1) is 11.6 Å². The molecule has 0 spiro atoms. The summed E-state index contributed by atoms with van der Waals surface area (Å²) in [6, 6.07) is 6.34. The Labute approximate surface area is 119 Å². The number of ether oxygens (including phenoxy) is 1. The quantitative estimate of drug-likeness (QED) is 0.805. The fraction of sp³-hybridized carbons (Fsp3) is 0.214. The molecule has 0 saturated heterocycles. The molecule has 0 aliphatic carbocycles. The Kier molecular flexibility index (Phi) is 5.14. The second kappa shape index (κ2) is 7.28. The van der Waals surface area contributed by atoms with Crippen molar-refractivity contribution in [3.05, 3.63) is 54.0 Å². The monoisotopic (exact) mass is 296 g/mol. The Bertz CT molecular complexity index is 588. The van der Waals surface area contributed by atoms with Gasteiger partial charge in [-0.25, -0.2) is 13.6 Å². The van der Waals surface area contributed by atoms with Gasteiger partial charge in [0.15, 0.2) is 11.6 Å². The van der Waals surface area contributed by atoms with E-state index >= 15 is 0 Å². The van der Waals surface area contributed by atoms with Crippen LogP contribution in [0.5, 0.6) is 5.75 Å². The molecule has 0 fully saturated rings. The van der Waals surface area contributed by atoms with Crippen LogP contribution in [-0.4, -0.2) is 19.2 Å². The molecule has 112 valence electrons. The fourth-order valence-electron chi connectivity index (χ4n) is 1.54. The average molecular weight is 296 g/mol. The van der Waals surface area contributed by atoms with Crippen molar-refractivity contribution >= 4 is 6.03 Å². The SMILES string of the molecule is O=C(NCCOc1ccc(F)c(F)c1)NCc1ccco1. The number of benzene rings is 1. The van der Waals surface area contributed by atoms with Crippen LogP contribution in [0.15, 0.2) is 41.0 Å². The van der Waals surface area contributed by atoms with Gasteiger partial charge in [-0.3, -0.25) is 0 Å². The van der Waals surface area contributed by atoms with Crippen molar-refractivity contribution in [1.82, 2.24) is 10.6 Å². The van der Waals surface area contributed by atoms with Crippen molar-refractivity contribution in [1.29, 1.82) is 0 Å². The maximum Gasteiger partial charge on any atom is 0.315 e. The van der Waals surface area contributed by atoms with E-state index in [1.54, 1.807) is 12.1 Å². The zero-order chi connectivity index (χ0) is 15.1. The fourth-order valence-corrected chi connectivity index (χ4v) is 1.54. The molecule has 0 aliphatic rings. The van der Waals surface area contributed by atoms with Gasteiger partial charge in [-0.05, 0) is 24.3 Å². The molecule has 2 rings (SSSR count). The Balaban J connectivity index is 1.62. The molecule has 21 heavy (non-hydrogen) atoms. The first-order valence-electron chi connectivity index (χ1n) is 6.27. The molecule has 0 bridgehead atoms. The molecule has 1 heterocycles. The lowest BCUT2D eigenvalue weighted by Crippen LogP contribution is -2.37. The normalized spacial score (nSPS) is 10.2. The molecule has 0 unspecified atom stereocenters. The van der Waals surface area contributed by atoms with E-state index in [-0.39, 0.29) is 31.5 Å². The molecule has 0 saturated carbocycles. The van der Waals surface area contributed by atoms with Crippen LogP contribution < -0.4 is 15.4 Å². The number of halogens is 2. The zero-order valence-corrected chi connectivity index (χ0v) is 11.1. The summed E-state index contributed by atoms with van der Waals surface area (Å²) < 4.78 is 35.8. The summed E-state index contributed by atoms with van der Waals surface area (Å²) in [4.78, 5) is 11.4. The average Bonchev–Trinajstić information content (AvgIpc) is 2.98. The molecule has 2 aromatic rings. The third-order valence-corrected chi connectivity index (χ3v) is 2.55. The molecule has 5 nitrogen and oxygen atoms in total. The molecule has 2 N–H and O–H groups in total. The number of urea groups is 1. The van der Waals surface area contributed by atoms with Crippen LogP contribution in [0.4, 0.5) is 13.6 Å². The smallest absolute Gasteiger partial charge is 0.315 e. The minimum Gasteiger partial charge on any atom is -0.492 e. The van der Waals surface area contributed by atoms with Crippen LogP contribution in [0.2, 0.25) is 0 Å². The van der Waals surface area contributed by atoms with E-state index in [0.29, 0.717) is 5.76 Å². The number of amides is 2. The topological polar surface area (TPSA) is 63.5 Å². The molecular weight excluding hydrogens is 282 g/mol. The Morgan fingerprint density at radius 1 is 1.19 bits per heavy atom. The van der Waals surface area contributed by atoms with Gasteiger partial charge in [0, 0.05) is 6.07 Å². The Hall–Kier alpha value is -2.57. The molecule has 2 amide bonds. The highest BCUT2D eigenvalue weighted by molar-refractivity contribution is 5.73. The van der Waals surface area contributed by atoms with E-state index in [0.717, 1.165) is 12.1 Å². The molecule has 0 radical (unpaired) electrons. The van der Waals surface area contributed by atoms with Crippen LogP contribution in [0.25, 0.3) is 0 Å². The minimum absolute atomic E-state index is 0.138. The van der Waals surface area contributed by atoms with Gasteiger partial charge >= 0.3 is 6.03 Å². The summed E-state index contributed by atoms with van der Waals surface area (Å²) in [5.41, 5.74) is 0. The Morgan fingerprint density at radius 3 is 2.76 bits per heavy atom. The van der Waals surface area contributed by atoms with Gasteiger partial charge in [-0.15, -0.1) is 0 Å². The third kappa shape index (κ3) is 4.79. The first kappa shape index (κ1) is 14.8. The van der Waals surface area contributed by atoms with Crippen molar-refractivity contribution in [2.75, 3.05) is 13.2 Å². The van der Waals surface area contributed by atoms with Gasteiger partial charge in [0.05, 0.1) is 19.4 Å². The maximum absolute atomic E-state index is 12.9. The summed E-state index contributed by atoms with van der Waals surface area (Å²) in [6.45, 7) is 0.644. The molecule has 0 aliphatic heterocycles. The summed E-state index contributed by atoms with van der Waals surface area (Å²) in [5, 5.41) is 5.15. The van der Waals surface area contributed by atoms with Crippen LogP contribution in [-0.2, 0) is 6.54 Å². The third-order valence-electron chi connectivity index (χ3n) is 2.55. The van der Waals surface area contributed by atoms with E-state index < -0.39 is 11.6 Å². The molecule has 1 aromatic heterocycles. The first-order chi connectivity index (χ1) is 10.1. The van der Waals surface area contributed by atoms with Crippen molar-refractivity contribution in [2.24, 2.45) is 0 Å². The second-order valence-electron chi connectivity index (χ2n) is 4.11. The largest absolute Gasteiger partial charge is 0.492 e. The summed E-state index contributed by atoms with van der Waals surface area (Å²) in [7, 11) is 0. The number of carbonyl (C=O) groups is 1. The van der Waals surface area contributed by atoms with Gasteiger partial charge in [-0.2, -0.15) is 0 Å². The Morgan fingerprint density at radius 2 is 2.05 bits per heavy atom. The molecule has 1 aromatic carbocycles. The lowest BCUT2D eigenvalue weighted by Gasteiger charge is -2.08. The number of hydrogen-bond donors (Lipinski definition) is 2. The molecule has 7 heteroatoms. The van der Waals surface area contributed by atoms with E-state index in [9.17, 15) is 13.6 Å². The molecular formula is C14H14F2N2O3. The molecule has 0 atom stereocenters. The lowest BCUT2D eigenvalue weighted by atomic mass is 10.3. The number of furan rings is 1. The zero-order valence-electron chi connectivity index (χ0n) is 11.1. The van der Waals surface area contributed by atoms with Gasteiger partial charge in [0.25, 0.3) is 0 Å². The standard InChI is InChI=1S/C14H14F2N2O3/c15-12-4-3-10(8-13(12)16)21-7-5-17-14(19)18-9-11-2-1-6-20-11/h1-4,6,8H,5,7,9H2,(H2,17,18,19). The lowest BCUT2D eigenvalue weighted by molar-refractivity contribution is 0.235. The van der Waals surface area contributed by atoms with Crippen molar-refractivity contribution in [3.8, 4) is 5.75 Å². The maximum atomic E-state index is 12.9. The highest BCUT2D eigenvalue weighted by atomic mass is 19.2. The minimum atomic E-state index is -0.975. The van der Waals surface area contributed by atoms with E-state index in [2.05, 4.69) is 10.6 Å². The van der Waals surface area contributed by atoms with Gasteiger partial charge in [0.1, 0.15) is 18.1 Å². The van der Waals surface area contributed by atoms with Crippen molar-refractivity contribution in [3.63, 3.8) is 0 Å². The van der Waals surface area contributed by atoms with Gasteiger partial charge in [0.2, 0.25) is 0 Å². The van der Waals surface area contributed by atoms with Crippen LogP contribution in [0.1, 0.15) is 5.76 Å².